The van der Waals surface area contributed by atoms with Crippen LogP contribution in [0, 0.1) is 26.6 Å². The van der Waals surface area contributed by atoms with Gasteiger partial charge in [-0.3, -0.25) is 9.48 Å². The number of amides is 1. The summed E-state index contributed by atoms with van der Waals surface area (Å²) in [6.45, 7) is 6.58. The molecular weight excluding hydrogens is 317 g/mol. The second kappa shape index (κ2) is 6.98. The van der Waals surface area contributed by atoms with Crippen molar-refractivity contribution in [2.24, 2.45) is 0 Å². The molecule has 4 nitrogen and oxygen atoms in total. The molecule has 5 heteroatoms. The van der Waals surface area contributed by atoms with E-state index < -0.39 is 5.54 Å². The molecule has 0 bridgehead atoms. The molecule has 25 heavy (non-hydrogen) atoms. The van der Waals surface area contributed by atoms with Crippen LogP contribution in [-0.4, -0.2) is 15.7 Å². The van der Waals surface area contributed by atoms with Crippen molar-refractivity contribution in [2.45, 2.75) is 65.0 Å². The number of aryl methyl sites for hydroxylation is 2. The molecule has 1 aromatic carbocycles. The highest BCUT2D eigenvalue weighted by Gasteiger charge is 2.38. The van der Waals surface area contributed by atoms with Crippen molar-refractivity contribution in [3.8, 4) is 0 Å². The maximum atomic E-state index is 14.3. The predicted molar refractivity (Wildman–Crippen MR) is 95.7 cm³/mol. The third-order valence-corrected chi connectivity index (χ3v) is 5.52. The smallest absolute Gasteiger partial charge is 0.222 e. The maximum absolute atomic E-state index is 14.3. The fraction of sp³-hybridized carbons (Fsp3) is 0.500. The number of rotatable bonds is 5. The monoisotopic (exact) mass is 343 g/mol. The molecule has 1 saturated carbocycles. The first-order chi connectivity index (χ1) is 11.9. The minimum Gasteiger partial charge on any atom is -0.346 e. The van der Waals surface area contributed by atoms with E-state index in [-0.39, 0.29) is 11.7 Å². The molecule has 134 valence electrons. The maximum Gasteiger partial charge on any atom is 0.222 e. The van der Waals surface area contributed by atoms with Crippen LogP contribution in [0.4, 0.5) is 4.39 Å². The van der Waals surface area contributed by atoms with Gasteiger partial charge in [-0.2, -0.15) is 5.10 Å². The van der Waals surface area contributed by atoms with Gasteiger partial charge in [0.05, 0.1) is 11.2 Å². The third kappa shape index (κ3) is 3.46. The number of carbonyl (C=O) groups is 1. The number of hydrogen-bond acceptors (Lipinski definition) is 2. The van der Waals surface area contributed by atoms with Gasteiger partial charge < -0.3 is 5.32 Å². The van der Waals surface area contributed by atoms with E-state index >= 15 is 0 Å². The van der Waals surface area contributed by atoms with Gasteiger partial charge in [-0.15, -0.1) is 0 Å². The van der Waals surface area contributed by atoms with Gasteiger partial charge >= 0.3 is 0 Å². The van der Waals surface area contributed by atoms with Crippen LogP contribution in [0.25, 0.3) is 0 Å². The van der Waals surface area contributed by atoms with Crippen molar-refractivity contribution in [3.63, 3.8) is 0 Å². The second-order valence-electron chi connectivity index (χ2n) is 7.09. The van der Waals surface area contributed by atoms with E-state index in [1.54, 1.807) is 12.1 Å². The number of nitrogens with zero attached hydrogens (tertiary/aromatic N) is 2. The van der Waals surface area contributed by atoms with Crippen molar-refractivity contribution < 1.29 is 9.18 Å². The Morgan fingerprint density at radius 2 is 1.92 bits per heavy atom. The molecule has 1 aliphatic carbocycles. The molecule has 3 rings (SSSR count). The van der Waals surface area contributed by atoms with E-state index in [1.807, 2.05) is 31.5 Å². The average Bonchev–Trinajstić information content (AvgIpc) is 3.15. The Kier molecular flexibility index (Phi) is 4.93. The average molecular weight is 343 g/mol. The molecule has 1 aliphatic rings. The minimum atomic E-state index is -0.562. The lowest BCUT2D eigenvalue weighted by Crippen LogP contribution is -2.44. The van der Waals surface area contributed by atoms with Gasteiger partial charge in [-0.05, 0) is 45.2 Å². The topological polar surface area (TPSA) is 46.9 Å². The quantitative estimate of drug-likeness (QED) is 0.894. The number of benzene rings is 1. The van der Waals surface area contributed by atoms with Crippen molar-refractivity contribution >= 4 is 5.91 Å². The highest BCUT2D eigenvalue weighted by molar-refractivity contribution is 5.77. The lowest BCUT2D eigenvalue weighted by atomic mass is 9.87. The fourth-order valence-electron chi connectivity index (χ4n) is 3.83. The zero-order valence-corrected chi connectivity index (χ0v) is 15.2. The summed E-state index contributed by atoms with van der Waals surface area (Å²) in [5.74, 6) is -0.283. The summed E-state index contributed by atoms with van der Waals surface area (Å²) >= 11 is 0. The first-order valence-corrected chi connectivity index (χ1v) is 8.99. The first-order valence-electron chi connectivity index (χ1n) is 8.99. The zero-order valence-electron chi connectivity index (χ0n) is 15.2. The lowest BCUT2D eigenvalue weighted by Gasteiger charge is -2.31. The normalized spacial score (nSPS) is 16.2. The van der Waals surface area contributed by atoms with Crippen LogP contribution >= 0.6 is 0 Å². The molecule has 2 aromatic rings. The predicted octanol–water partition coefficient (Wildman–Crippen LogP) is 3.92. The van der Waals surface area contributed by atoms with Crippen LogP contribution in [0.5, 0.6) is 0 Å². The molecular formula is C20H26FN3O. The third-order valence-electron chi connectivity index (χ3n) is 5.52. The standard InChI is InChI=1S/C20H26FN3O/c1-14-15(2)23-24(16(14)3)13-10-19(25)22-20(11-6-7-12-20)17-8-4-5-9-18(17)21/h4-5,8-9H,6-7,10-13H2,1-3H3,(H,22,25). The van der Waals surface area contributed by atoms with Crippen LogP contribution in [-0.2, 0) is 16.9 Å². The highest BCUT2D eigenvalue weighted by Crippen LogP contribution is 2.39. The van der Waals surface area contributed by atoms with Gasteiger partial charge in [-0.1, -0.05) is 31.0 Å². The van der Waals surface area contributed by atoms with Crippen LogP contribution in [0.1, 0.15) is 54.6 Å². The van der Waals surface area contributed by atoms with Gasteiger partial charge in [0.2, 0.25) is 5.91 Å². The van der Waals surface area contributed by atoms with Crippen molar-refractivity contribution in [1.82, 2.24) is 15.1 Å². The minimum absolute atomic E-state index is 0.0460. The van der Waals surface area contributed by atoms with Gasteiger partial charge in [0.15, 0.2) is 0 Å². The summed E-state index contributed by atoms with van der Waals surface area (Å²) in [5, 5.41) is 7.62. The molecule has 1 amide bonds. The van der Waals surface area contributed by atoms with E-state index in [2.05, 4.69) is 10.4 Å². The number of hydrogen-bond donors (Lipinski definition) is 1. The Morgan fingerprint density at radius 3 is 2.52 bits per heavy atom. The lowest BCUT2D eigenvalue weighted by molar-refractivity contribution is -0.123. The van der Waals surface area contributed by atoms with Crippen LogP contribution < -0.4 is 5.32 Å². The van der Waals surface area contributed by atoms with E-state index in [1.165, 1.54) is 11.6 Å². The van der Waals surface area contributed by atoms with Gasteiger partial charge in [-0.25, -0.2) is 4.39 Å². The Hall–Kier alpha value is -2.17. The summed E-state index contributed by atoms with van der Waals surface area (Å²) in [6, 6.07) is 6.79. The van der Waals surface area contributed by atoms with Crippen LogP contribution in [0.15, 0.2) is 24.3 Å². The van der Waals surface area contributed by atoms with Crippen molar-refractivity contribution in [3.05, 3.63) is 52.6 Å². The van der Waals surface area contributed by atoms with Crippen LogP contribution in [0.3, 0.4) is 0 Å². The summed E-state index contributed by atoms with van der Waals surface area (Å²) < 4.78 is 16.2. The zero-order chi connectivity index (χ0) is 18.0. The number of halogens is 1. The Balaban J connectivity index is 1.72. The highest BCUT2D eigenvalue weighted by atomic mass is 19.1. The van der Waals surface area contributed by atoms with Gasteiger partial charge in [0.25, 0.3) is 0 Å². The second-order valence-corrected chi connectivity index (χ2v) is 7.09. The molecule has 0 saturated heterocycles. The van der Waals surface area contributed by atoms with Crippen molar-refractivity contribution in [2.75, 3.05) is 0 Å². The molecule has 1 heterocycles. The molecule has 0 atom stereocenters. The summed E-state index contributed by atoms with van der Waals surface area (Å²) in [7, 11) is 0. The van der Waals surface area contributed by atoms with Crippen molar-refractivity contribution in [1.29, 1.82) is 0 Å². The SMILES string of the molecule is Cc1nn(CCC(=O)NC2(c3ccccc3F)CCCC2)c(C)c1C. The number of nitrogens with one attached hydrogen (secondary N) is 1. The Morgan fingerprint density at radius 1 is 1.24 bits per heavy atom. The Labute approximate surface area is 148 Å². The fourth-order valence-corrected chi connectivity index (χ4v) is 3.83. The summed E-state index contributed by atoms with van der Waals surface area (Å²) in [5.41, 5.74) is 3.31. The number of carbonyl (C=O) groups excluding carboxylic acids is 1. The molecule has 1 fully saturated rings. The molecule has 0 spiro atoms. The molecule has 0 aliphatic heterocycles. The van der Waals surface area contributed by atoms with Crippen LogP contribution in [0.2, 0.25) is 0 Å². The van der Waals surface area contributed by atoms with Gasteiger partial charge in [0, 0.05) is 24.2 Å². The van der Waals surface area contributed by atoms with E-state index in [0.717, 1.165) is 37.1 Å². The molecule has 0 unspecified atom stereocenters. The first kappa shape index (κ1) is 17.6. The largest absolute Gasteiger partial charge is 0.346 e. The molecule has 0 radical (unpaired) electrons. The number of aromatic nitrogens is 2. The summed E-state index contributed by atoms with van der Waals surface area (Å²) in [6.07, 6.45) is 3.94. The van der Waals surface area contributed by atoms with E-state index in [9.17, 15) is 9.18 Å². The van der Waals surface area contributed by atoms with Gasteiger partial charge in [0.1, 0.15) is 5.82 Å². The Bertz CT molecular complexity index is 775. The molecule has 1 aromatic heterocycles. The summed E-state index contributed by atoms with van der Waals surface area (Å²) in [4.78, 5) is 12.6. The van der Waals surface area contributed by atoms with E-state index in [0.29, 0.717) is 18.5 Å². The van der Waals surface area contributed by atoms with E-state index in [4.69, 9.17) is 0 Å². The molecule has 1 N–H and O–H groups in total.